The average molecular weight is 242 g/mol. The molecule has 0 aliphatic heterocycles. The Bertz CT molecular complexity index is 378. The van der Waals surface area contributed by atoms with E-state index in [9.17, 15) is 4.39 Å². The fourth-order valence-corrected chi connectivity index (χ4v) is 2.42. The first kappa shape index (κ1) is 11.9. The van der Waals surface area contributed by atoms with Gasteiger partial charge in [-0.1, -0.05) is 32.0 Å². The third-order valence-corrected chi connectivity index (χ3v) is 4.39. The first-order valence-corrected chi connectivity index (χ1v) is 6.06. The van der Waals surface area contributed by atoms with Crippen molar-refractivity contribution in [2.75, 3.05) is 0 Å². The fourth-order valence-electron chi connectivity index (χ4n) is 2.09. The number of hydrogen-bond donors (Lipinski definition) is 1. The van der Waals surface area contributed by atoms with Crippen LogP contribution < -0.4 is 5.32 Å². The largest absolute Gasteiger partial charge is 0.309 e. The summed E-state index contributed by atoms with van der Waals surface area (Å²) < 4.78 is 13.4. The minimum absolute atomic E-state index is 0.104. The monoisotopic (exact) mass is 241 g/mol. The lowest BCUT2D eigenvalue weighted by atomic mass is 9.67. The van der Waals surface area contributed by atoms with E-state index >= 15 is 0 Å². The van der Waals surface area contributed by atoms with Gasteiger partial charge in [-0.15, -0.1) is 11.6 Å². The molecule has 0 saturated heterocycles. The van der Waals surface area contributed by atoms with Gasteiger partial charge in [-0.3, -0.25) is 0 Å². The molecule has 3 heteroatoms. The van der Waals surface area contributed by atoms with Crippen molar-refractivity contribution in [3.8, 4) is 0 Å². The highest BCUT2D eigenvalue weighted by molar-refractivity contribution is 6.21. The van der Waals surface area contributed by atoms with Crippen molar-refractivity contribution in [2.24, 2.45) is 5.41 Å². The van der Waals surface area contributed by atoms with Gasteiger partial charge < -0.3 is 5.32 Å². The third kappa shape index (κ3) is 2.09. The molecule has 0 amide bonds. The molecule has 2 unspecified atom stereocenters. The van der Waals surface area contributed by atoms with Crippen molar-refractivity contribution < 1.29 is 4.39 Å². The van der Waals surface area contributed by atoms with Crippen molar-refractivity contribution >= 4 is 11.6 Å². The zero-order valence-corrected chi connectivity index (χ0v) is 10.4. The van der Waals surface area contributed by atoms with Crippen molar-refractivity contribution in [3.05, 3.63) is 35.6 Å². The van der Waals surface area contributed by atoms with Crippen LogP contribution in [-0.4, -0.2) is 11.4 Å². The zero-order chi connectivity index (χ0) is 11.8. The number of halogens is 2. The number of alkyl halides is 1. The third-order valence-electron chi connectivity index (χ3n) is 3.64. The van der Waals surface area contributed by atoms with Crippen LogP contribution in [0.2, 0.25) is 0 Å². The van der Waals surface area contributed by atoms with Gasteiger partial charge >= 0.3 is 0 Å². The molecule has 0 aromatic heterocycles. The van der Waals surface area contributed by atoms with Crippen molar-refractivity contribution in [1.29, 1.82) is 0 Å². The average Bonchev–Trinajstić information content (AvgIpc) is 2.26. The van der Waals surface area contributed by atoms with Crippen LogP contribution in [0.1, 0.15) is 25.8 Å². The summed E-state index contributed by atoms with van der Waals surface area (Å²) in [7, 11) is 0. The van der Waals surface area contributed by atoms with Crippen LogP contribution in [0.5, 0.6) is 0 Å². The van der Waals surface area contributed by atoms with Gasteiger partial charge in [0.25, 0.3) is 0 Å². The molecule has 1 aromatic rings. The summed E-state index contributed by atoms with van der Waals surface area (Å²) >= 11 is 6.13. The van der Waals surface area contributed by atoms with Crippen LogP contribution in [0.15, 0.2) is 24.3 Å². The van der Waals surface area contributed by atoms with E-state index in [1.54, 1.807) is 6.07 Å². The van der Waals surface area contributed by atoms with Gasteiger partial charge in [0, 0.05) is 23.5 Å². The summed E-state index contributed by atoms with van der Waals surface area (Å²) in [4.78, 5) is 0. The van der Waals surface area contributed by atoms with Crippen LogP contribution in [0.3, 0.4) is 0 Å². The molecule has 0 heterocycles. The van der Waals surface area contributed by atoms with Crippen molar-refractivity contribution in [1.82, 2.24) is 5.32 Å². The van der Waals surface area contributed by atoms with Crippen LogP contribution in [0, 0.1) is 11.2 Å². The van der Waals surface area contributed by atoms with Gasteiger partial charge in [-0.25, -0.2) is 4.39 Å². The number of rotatable bonds is 3. The predicted octanol–water partition coefficient (Wildman–Crippen LogP) is 3.32. The minimum Gasteiger partial charge on any atom is -0.309 e. The molecular formula is C13H17ClFN. The molecule has 1 N–H and O–H groups in total. The van der Waals surface area contributed by atoms with Crippen LogP contribution >= 0.6 is 11.6 Å². The minimum atomic E-state index is -0.144. The Kier molecular flexibility index (Phi) is 3.22. The molecular weight excluding hydrogens is 225 g/mol. The summed E-state index contributed by atoms with van der Waals surface area (Å²) in [6, 6.07) is 7.26. The lowest BCUT2D eigenvalue weighted by Crippen LogP contribution is -2.57. The second-order valence-corrected chi connectivity index (χ2v) is 5.58. The van der Waals surface area contributed by atoms with Crippen LogP contribution in [0.25, 0.3) is 0 Å². The van der Waals surface area contributed by atoms with Gasteiger partial charge in [-0.05, 0) is 17.9 Å². The molecule has 1 aliphatic rings. The van der Waals surface area contributed by atoms with Gasteiger partial charge in [-0.2, -0.15) is 0 Å². The molecule has 0 bridgehead atoms. The maximum absolute atomic E-state index is 13.4. The maximum atomic E-state index is 13.4. The first-order valence-electron chi connectivity index (χ1n) is 5.62. The van der Waals surface area contributed by atoms with Crippen LogP contribution in [0.4, 0.5) is 4.39 Å². The first-order chi connectivity index (χ1) is 7.51. The van der Waals surface area contributed by atoms with E-state index in [0.717, 1.165) is 12.0 Å². The molecule has 1 aromatic carbocycles. The highest BCUT2D eigenvalue weighted by Gasteiger charge is 2.46. The highest BCUT2D eigenvalue weighted by atomic mass is 35.5. The fraction of sp³-hybridized carbons (Fsp3) is 0.538. The topological polar surface area (TPSA) is 12.0 Å². The molecule has 0 radical (unpaired) electrons. The molecule has 1 nitrogen and oxygen atoms in total. The summed E-state index contributed by atoms with van der Waals surface area (Å²) in [5, 5.41) is 3.60. The van der Waals surface area contributed by atoms with E-state index in [-0.39, 0.29) is 16.6 Å². The molecule has 1 saturated carbocycles. The summed E-state index contributed by atoms with van der Waals surface area (Å²) in [5.74, 6) is -0.144. The Balaban J connectivity index is 1.92. The van der Waals surface area contributed by atoms with Gasteiger partial charge in [0.15, 0.2) is 0 Å². The van der Waals surface area contributed by atoms with Crippen molar-refractivity contribution in [2.45, 2.75) is 38.2 Å². The van der Waals surface area contributed by atoms with Gasteiger partial charge in [0.2, 0.25) is 0 Å². The maximum Gasteiger partial charge on any atom is 0.127 e. The summed E-state index contributed by atoms with van der Waals surface area (Å²) in [5.41, 5.74) is 0.823. The zero-order valence-electron chi connectivity index (χ0n) is 9.63. The van der Waals surface area contributed by atoms with E-state index in [2.05, 4.69) is 19.2 Å². The Morgan fingerprint density at radius 3 is 2.69 bits per heavy atom. The Hall–Kier alpha value is -0.600. The lowest BCUT2D eigenvalue weighted by Gasteiger charge is -2.49. The Morgan fingerprint density at radius 2 is 2.12 bits per heavy atom. The molecule has 2 rings (SSSR count). The summed E-state index contributed by atoms with van der Waals surface area (Å²) in [6.07, 6.45) is 0.961. The van der Waals surface area contributed by atoms with E-state index < -0.39 is 0 Å². The van der Waals surface area contributed by atoms with E-state index in [0.29, 0.717) is 12.6 Å². The van der Waals surface area contributed by atoms with Gasteiger partial charge in [0.1, 0.15) is 5.82 Å². The predicted molar refractivity (Wildman–Crippen MR) is 65.1 cm³/mol. The second-order valence-electron chi connectivity index (χ2n) is 5.05. The lowest BCUT2D eigenvalue weighted by molar-refractivity contribution is 0.115. The van der Waals surface area contributed by atoms with E-state index in [1.165, 1.54) is 6.07 Å². The standard InChI is InChI=1S/C13H17ClFN/c1-13(2)11(14)7-12(13)16-8-9-5-3-4-6-10(9)15/h3-6,11-12,16H,7-8H2,1-2H3. The van der Waals surface area contributed by atoms with Crippen LogP contribution in [-0.2, 0) is 6.54 Å². The quantitative estimate of drug-likeness (QED) is 0.801. The molecule has 1 fully saturated rings. The molecule has 1 aliphatic carbocycles. The molecule has 88 valence electrons. The summed E-state index contributed by atoms with van der Waals surface area (Å²) in [6.45, 7) is 4.87. The molecule has 2 atom stereocenters. The Labute approximate surface area is 101 Å². The molecule has 16 heavy (non-hydrogen) atoms. The smallest absolute Gasteiger partial charge is 0.127 e. The SMILES string of the molecule is CC1(C)C(Cl)CC1NCc1ccccc1F. The van der Waals surface area contributed by atoms with E-state index in [4.69, 9.17) is 11.6 Å². The van der Waals surface area contributed by atoms with Crippen molar-refractivity contribution in [3.63, 3.8) is 0 Å². The molecule has 0 spiro atoms. The van der Waals surface area contributed by atoms with Gasteiger partial charge in [0.05, 0.1) is 0 Å². The van der Waals surface area contributed by atoms with E-state index in [1.807, 2.05) is 12.1 Å². The number of hydrogen-bond acceptors (Lipinski definition) is 1. The normalized spacial score (nSPS) is 27.5. The highest BCUT2D eigenvalue weighted by Crippen LogP contribution is 2.44. The second kappa shape index (κ2) is 4.34. The Morgan fingerprint density at radius 1 is 1.44 bits per heavy atom. The number of benzene rings is 1. The number of nitrogens with one attached hydrogen (secondary N) is 1.